The summed E-state index contributed by atoms with van der Waals surface area (Å²) in [5, 5.41) is 14.9. The molecule has 114 valence electrons. The van der Waals surface area contributed by atoms with Crippen molar-refractivity contribution in [2.24, 2.45) is 11.8 Å². The number of nitro benzene ring substituents is 1. The molecule has 1 aromatic rings. The number of nitro groups is 1. The first-order chi connectivity index (χ1) is 10.1. The second-order valence-corrected chi connectivity index (χ2v) is 6.81. The third-order valence-electron chi connectivity index (χ3n) is 5.06. The molecule has 21 heavy (non-hydrogen) atoms. The number of hydrogen-bond acceptors (Lipinski definition) is 3. The standard InChI is InChI=1S/C16H21ClN2O2/c17-13-6-8-15(16(10-13)19(20)21)18-14-7-5-11-3-1-2-4-12(11)9-14/h6,8,10-12,14,18H,1-5,7,9H2. The smallest absolute Gasteiger partial charge is 0.293 e. The van der Waals surface area contributed by atoms with E-state index in [2.05, 4.69) is 5.32 Å². The number of fused-ring (bicyclic) bond motifs is 1. The first-order valence-corrected chi connectivity index (χ1v) is 8.22. The minimum atomic E-state index is -0.361. The van der Waals surface area contributed by atoms with Crippen molar-refractivity contribution in [3.63, 3.8) is 0 Å². The molecule has 0 amide bonds. The molecule has 0 aromatic heterocycles. The molecule has 3 unspecified atom stereocenters. The molecule has 1 N–H and O–H groups in total. The third kappa shape index (κ3) is 3.31. The fraction of sp³-hybridized carbons (Fsp3) is 0.625. The zero-order chi connectivity index (χ0) is 14.8. The molecule has 2 saturated carbocycles. The van der Waals surface area contributed by atoms with Gasteiger partial charge in [0.2, 0.25) is 0 Å². The van der Waals surface area contributed by atoms with Gasteiger partial charge in [0, 0.05) is 17.1 Å². The second-order valence-electron chi connectivity index (χ2n) is 6.38. The Kier molecular flexibility index (Phi) is 4.34. The van der Waals surface area contributed by atoms with Gasteiger partial charge in [0.15, 0.2) is 0 Å². The van der Waals surface area contributed by atoms with Crippen LogP contribution in [0.4, 0.5) is 11.4 Å². The van der Waals surface area contributed by atoms with E-state index >= 15 is 0 Å². The van der Waals surface area contributed by atoms with Gasteiger partial charge in [-0.15, -0.1) is 0 Å². The zero-order valence-corrected chi connectivity index (χ0v) is 12.8. The molecule has 0 aliphatic heterocycles. The molecule has 0 heterocycles. The van der Waals surface area contributed by atoms with E-state index in [1.807, 2.05) is 0 Å². The average molecular weight is 309 g/mol. The van der Waals surface area contributed by atoms with Gasteiger partial charge in [-0.05, 0) is 43.2 Å². The van der Waals surface area contributed by atoms with Gasteiger partial charge in [-0.3, -0.25) is 10.1 Å². The largest absolute Gasteiger partial charge is 0.377 e. The molecule has 0 spiro atoms. The Hall–Kier alpha value is -1.29. The Morgan fingerprint density at radius 3 is 2.67 bits per heavy atom. The Morgan fingerprint density at radius 2 is 1.90 bits per heavy atom. The highest BCUT2D eigenvalue weighted by Gasteiger charge is 2.32. The van der Waals surface area contributed by atoms with Gasteiger partial charge < -0.3 is 5.32 Å². The second kappa shape index (κ2) is 6.22. The van der Waals surface area contributed by atoms with Crippen molar-refractivity contribution in [3.05, 3.63) is 33.3 Å². The van der Waals surface area contributed by atoms with Crippen LogP contribution in [0, 0.1) is 22.0 Å². The molecule has 5 heteroatoms. The minimum absolute atomic E-state index is 0.0771. The lowest BCUT2D eigenvalue weighted by Gasteiger charge is -2.39. The molecule has 2 aliphatic carbocycles. The summed E-state index contributed by atoms with van der Waals surface area (Å²) in [6.45, 7) is 0. The predicted octanol–water partition coefficient (Wildman–Crippen LogP) is 5.02. The molecule has 0 bridgehead atoms. The van der Waals surface area contributed by atoms with Gasteiger partial charge in [-0.25, -0.2) is 0 Å². The van der Waals surface area contributed by atoms with Crippen molar-refractivity contribution >= 4 is 23.0 Å². The molecule has 3 atom stereocenters. The highest BCUT2D eigenvalue weighted by Crippen LogP contribution is 2.41. The molecule has 2 aliphatic rings. The minimum Gasteiger partial charge on any atom is -0.377 e. The lowest BCUT2D eigenvalue weighted by Crippen LogP contribution is -2.34. The maximum absolute atomic E-state index is 11.2. The fourth-order valence-electron chi connectivity index (χ4n) is 4.00. The number of rotatable bonds is 3. The van der Waals surface area contributed by atoms with Gasteiger partial charge in [-0.1, -0.05) is 37.3 Å². The summed E-state index contributed by atoms with van der Waals surface area (Å²) in [4.78, 5) is 10.8. The van der Waals surface area contributed by atoms with Crippen molar-refractivity contribution in [2.45, 2.75) is 51.0 Å². The van der Waals surface area contributed by atoms with Gasteiger partial charge >= 0.3 is 0 Å². The van der Waals surface area contributed by atoms with E-state index in [1.54, 1.807) is 12.1 Å². The van der Waals surface area contributed by atoms with Gasteiger partial charge in [0.25, 0.3) is 5.69 Å². The molecule has 2 fully saturated rings. The maximum Gasteiger partial charge on any atom is 0.293 e. The number of nitrogens with one attached hydrogen (secondary N) is 1. The van der Waals surface area contributed by atoms with Crippen LogP contribution in [0.15, 0.2) is 18.2 Å². The van der Waals surface area contributed by atoms with Crippen LogP contribution in [0.5, 0.6) is 0 Å². The number of halogens is 1. The van der Waals surface area contributed by atoms with E-state index in [0.29, 0.717) is 16.8 Å². The van der Waals surface area contributed by atoms with E-state index in [0.717, 1.165) is 24.7 Å². The van der Waals surface area contributed by atoms with Crippen LogP contribution in [0.3, 0.4) is 0 Å². The van der Waals surface area contributed by atoms with Crippen LogP contribution in [0.2, 0.25) is 5.02 Å². The predicted molar refractivity (Wildman–Crippen MR) is 84.8 cm³/mol. The average Bonchev–Trinajstić information content (AvgIpc) is 2.49. The van der Waals surface area contributed by atoms with Crippen LogP contribution in [0.25, 0.3) is 0 Å². The summed E-state index contributed by atoms with van der Waals surface area (Å²) >= 11 is 5.86. The summed E-state index contributed by atoms with van der Waals surface area (Å²) in [6, 6.07) is 5.22. The van der Waals surface area contributed by atoms with E-state index in [1.165, 1.54) is 38.2 Å². The Bertz CT molecular complexity index is 535. The molecular weight excluding hydrogens is 288 g/mol. The summed E-state index contributed by atoms with van der Waals surface area (Å²) in [7, 11) is 0. The lowest BCUT2D eigenvalue weighted by atomic mass is 9.69. The molecule has 1 aromatic carbocycles. The molecule has 0 radical (unpaired) electrons. The number of nitrogens with zero attached hydrogens (tertiary/aromatic N) is 1. The molecule has 4 nitrogen and oxygen atoms in total. The molecule has 3 rings (SSSR count). The molecular formula is C16H21ClN2O2. The van der Waals surface area contributed by atoms with Crippen LogP contribution in [-0.4, -0.2) is 11.0 Å². The van der Waals surface area contributed by atoms with Crippen molar-refractivity contribution in [1.82, 2.24) is 0 Å². The first kappa shape index (κ1) is 14.6. The Morgan fingerprint density at radius 1 is 1.14 bits per heavy atom. The molecule has 0 saturated heterocycles. The SMILES string of the molecule is O=[N+]([O-])c1cc(Cl)ccc1NC1CCC2CCCCC2C1. The van der Waals surface area contributed by atoms with Crippen molar-refractivity contribution < 1.29 is 4.92 Å². The first-order valence-electron chi connectivity index (χ1n) is 7.84. The van der Waals surface area contributed by atoms with Gasteiger partial charge in [0.05, 0.1) is 4.92 Å². The Labute approximate surface area is 130 Å². The fourth-order valence-corrected chi connectivity index (χ4v) is 4.17. The zero-order valence-electron chi connectivity index (χ0n) is 12.1. The summed E-state index contributed by atoms with van der Waals surface area (Å²) < 4.78 is 0. The van der Waals surface area contributed by atoms with Gasteiger partial charge in [-0.2, -0.15) is 0 Å². The lowest BCUT2D eigenvalue weighted by molar-refractivity contribution is -0.384. The van der Waals surface area contributed by atoms with Crippen molar-refractivity contribution in [2.75, 3.05) is 5.32 Å². The van der Waals surface area contributed by atoms with Crippen molar-refractivity contribution in [3.8, 4) is 0 Å². The van der Waals surface area contributed by atoms with Crippen LogP contribution < -0.4 is 5.32 Å². The van der Waals surface area contributed by atoms with Gasteiger partial charge in [0.1, 0.15) is 5.69 Å². The monoisotopic (exact) mass is 308 g/mol. The third-order valence-corrected chi connectivity index (χ3v) is 5.29. The van der Waals surface area contributed by atoms with Crippen LogP contribution in [0.1, 0.15) is 44.9 Å². The highest BCUT2D eigenvalue weighted by atomic mass is 35.5. The van der Waals surface area contributed by atoms with E-state index in [4.69, 9.17) is 11.6 Å². The quantitative estimate of drug-likeness (QED) is 0.630. The Balaban J connectivity index is 1.71. The number of benzene rings is 1. The topological polar surface area (TPSA) is 55.2 Å². The summed E-state index contributed by atoms with van der Waals surface area (Å²) in [5.41, 5.74) is 0.678. The number of anilines is 1. The van der Waals surface area contributed by atoms with Crippen molar-refractivity contribution in [1.29, 1.82) is 0 Å². The normalized spacial score (nSPS) is 28.7. The highest BCUT2D eigenvalue weighted by molar-refractivity contribution is 6.30. The van der Waals surface area contributed by atoms with Crippen LogP contribution >= 0.6 is 11.6 Å². The summed E-state index contributed by atoms with van der Waals surface area (Å²) in [6.07, 6.45) is 8.93. The maximum atomic E-state index is 11.2. The summed E-state index contributed by atoms with van der Waals surface area (Å²) in [5.74, 6) is 1.69. The number of hydrogen-bond donors (Lipinski definition) is 1. The van der Waals surface area contributed by atoms with E-state index < -0.39 is 0 Å². The van der Waals surface area contributed by atoms with E-state index in [-0.39, 0.29) is 10.6 Å². The van der Waals surface area contributed by atoms with Crippen LogP contribution in [-0.2, 0) is 0 Å². The van der Waals surface area contributed by atoms with E-state index in [9.17, 15) is 10.1 Å².